The Morgan fingerprint density at radius 2 is 2.18 bits per heavy atom. The number of methoxy groups -OCH3 is 1. The third-order valence-electron chi connectivity index (χ3n) is 4.59. The van der Waals surface area contributed by atoms with Gasteiger partial charge in [0.05, 0.1) is 17.7 Å². The van der Waals surface area contributed by atoms with Crippen LogP contribution in [0, 0.1) is 13.8 Å². The van der Waals surface area contributed by atoms with E-state index in [9.17, 15) is 9.59 Å². The molecule has 0 unspecified atom stereocenters. The first-order valence-corrected chi connectivity index (χ1v) is 10.7. The summed E-state index contributed by atoms with van der Waals surface area (Å²) in [5.41, 5.74) is 2.57. The molecule has 0 amide bonds. The largest absolute Gasteiger partial charge is 0.383 e. The zero-order valence-corrected chi connectivity index (χ0v) is 17.9. The second-order valence-corrected chi connectivity index (χ2v) is 8.22. The number of nitrogens with zero attached hydrogens (tertiary/aromatic N) is 3. The number of ketones is 1. The lowest BCUT2D eigenvalue weighted by Crippen LogP contribution is -2.22. The van der Waals surface area contributed by atoms with E-state index in [1.54, 1.807) is 23.8 Å². The Labute approximate surface area is 171 Å². The lowest BCUT2D eigenvalue weighted by atomic mass is 10.2. The third-order valence-corrected chi connectivity index (χ3v) is 6.37. The van der Waals surface area contributed by atoms with Crippen molar-refractivity contribution >= 4 is 39.1 Å². The zero-order chi connectivity index (χ0) is 20.3. The molecular weight excluding hydrogens is 394 g/mol. The molecule has 0 atom stereocenters. The van der Waals surface area contributed by atoms with Crippen LogP contribution in [0.25, 0.3) is 10.2 Å². The summed E-state index contributed by atoms with van der Waals surface area (Å²) in [7, 11) is 1.66. The van der Waals surface area contributed by atoms with E-state index in [1.165, 1.54) is 23.1 Å². The fourth-order valence-electron chi connectivity index (χ4n) is 3.15. The maximum absolute atomic E-state index is 12.8. The van der Waals surface area contributed by atoms with Crippen molar-refractivity contribution in [3.63, 3.8) is 0 Å². The quantitative estimate of drug-likeness (QED) is 0.230. The molecule has 0 aliphatic carbocycles. The van der Waals surface area contributed by atoms with Crippen LogP contribution in [0.3, 0.4) is 0 Å². The van der Waals surface area contributed by atoms with E-state index in [0.29, 0.717) is 40.6 Å². The summed E-state index contributed by atoms with van der Waals surface area (Å²) in [5, 5.41) is 3.00. The van der Waals surface area contributed by atoms with E-state index in [-0.39, 0.29) is 17.1 Å². The van der Waals surface area contributed by atoms with E-state index in [2.05, 4.69) is 16.1 Å². The van der Waals surface area contributed by atoms with E-state index in [1.807, 2.05) is 25.3 Å². The summed E-state index contributed by atoms with van der Waals surface area (Å²) in [5.74, 6) is 0.238. The van der Waals surface area contributed by atoms with Crippen LogP contribution < -0.4 is 5.56 Å². The standard InChI is InChI=1S/C20H23N3O3S2/c1-5-7-23-19(25)15-6-10-27-18(15)21-20(23)28-12-17(24)16-11-13(2)22(14(16)3)8-9-26-4/h5-6,10-11H,1,7-9,12H2,2-4H3. The molecule has 6 nitrogen and oxygen atoms in total. The van der Waals surface area contributed by atoms with Crippen molar-refractivity contribution in [2.45, 2.75) is 32.1 Å². The number of carbonyl (C=O) groups is 1. The number of ether oxygens (including phenoxy) is 1. The topological polar surface area (TPSA) is 66.1 Å². The second kappa shape index (κ2) is 8.89. The average Bonchev–Trinajstić information content (AvgIpc) is 3.25. The predicted octanol–water partition coefficient (Wildman–Crippen LogP) is 3.68. The fraction of sp³-hybridized carbons (Fsp3) is 0.350. The molecule has 0 aliphatic heterocycles. The van der Waals surface area contributed by atoms with Gasteiger partial charge in [-0.15, -0.1) is 17.9 Å². The normalized spacial score (nSPS) is 11.2. The summed E-state index contributed by atoms with van der Waals surface area (Å²) in [4.78, 5) is 30.8. The Hall–Kier alpha value is -2.16. The molecule has 8 heteroatoms. The molecule has 0 radical (unpaired) electrons. The molecule has 148 valence electrons. The summed E-state index contributed by atoms with van der Waals surface area (Å²) < 4.78 is 8.81. The lowest BCUT2D eigenvalue weighted by Gasteiger charge is -2.10. The van der Waals surface area contributed by atoms with Gasteiger partial charge in [-0.05, 0) is 31.4 Å². The number of aryl methyl sites for hydroxylation is 1. The SMILES string of the molecule is C=CCn1c(SCC(=O)c2cc(C)n(CCOC)c2C)nc2sccc2c1=O. The molecule has 0 fully saturated rings. The van der Waals surface area contributed by atoms with Crippen molar-refractivity contribution < 1.29 is 9.53 Å². The van der Waals surface area contributed by atoms with Crippen molar-refractivity contribution in [1.82, 2.24) is 14.1 Å². The van der Waals surface area contributed by atoms with Gasteiger partial charge in [-0.25, -0.2) is 4.98 Å². The van der Waals surface area contributed by atoms with Crippen LogP contribution in [-0.4, -0.2) is 39.4 Å². The minimum Gasteiger partial charge on any atom is -0.383 e. The first kappa shape index (κ1) is 20.6. The Bertz CT molecular complexity index is 1080. The van der Waals surface area contributed by atoms with Crippen molar-refractivity contribution in [3.05, 3.63) is 57.5 Å². The van der Waals surface area contributed by atoms with Crippen LogP contribution in [0.1, 0.15) is 21.7 Å². The molecular formula is C20H23N3O3S2. The van der Waals surface area contributed by atoms with E-state index in [4.69, 9.17) is 4.74 Å². The molecule has 3 heterocycles. The van der Waals surface area contributed by atoms with Gasteiger partial charge < -0.3 is 9.30 Å². The number of thiophene rings is 1. The summed E-state index contributed by atoms with van der Waals surface area (Å²) >= 11 is 2.72. The first-order chi connectivity index (χ1) is 13.5. The van der Waals surface area contributed by atoms with Crippen LogP contribution in [-0.2, 0) is 17.8 Å². The van der Waals surface area contributed by atoms with Crippen molar-refractivity contribution in [1.29, 1.82) is 0 Å². The number of fused-ring (bicyclic) bond motifs is 1. The molecule has 0 N–H and O–H groups in total. The molecule has 28 heavy (non-hydrogen) atoms. The van der Waals surface area contributed by atoms with Crippen molar-refractivity contribution in [2.75, 3.05) is 19.5 Å². The smallest absolute Gasteiger partial charge is 0.263 e. The van der Waals surface area contributed by atoms with Gasteiger partial charge in [0, 0.05) is 37.2 Å². The van der Waals surface area contributed by atoms with Crippen LogP contribution in [0.4, 0.5) is 0 Å². The van der Waals surface area contributed by atoms with Crippen molar-refractivity contribution in [3.8, 4) is 0 Å². The minimum atomic E-state index is -0.0983. The van der Waals surface area contributed by atoms with Gasteiger partial charge in [0.1, 0.15) is 4.83 Å². The number of Topliss-reactive ketones (excluding diaryl/α,β-unsaturated/α-hetero) is 1. The van der Waals surface area contributed by atoms with Gasteiger partial charge in [0.15, 0.2) is 10.9 Å². The molecule has 3 rings (SSSR count). The molecule has 0 spiro atoms. The Balaban J connectivity index is 1.84. The molecule has 0 aromatic carbocycles. The number of rotatable bonds is 9. The number of allylic oxidation sites excluding steroid dienone is 1. The second-order valence-electron chi connectivity index (χ2n) is 6.38. The number of hydrogen-bond acceptors (Lipinski definition) is 6. The highest BCUT2D eigenvalue weighted by atomic mass is 32.2. The zero-order valence-electron chi connectivity index (χ0n) is 16.2. The summed E-state index contributed by atoms with van der Waals surface area (Å²) in [6.07, 6.45) is 1.66. The molecule has 3 aromatic heterocycles. The Kier molecular flexibility index (Phi) is 6.53. The maximum atomic E-state index is 12.8. The summed E-state index contributed by atoms with van der Waals surface area (Å²) in [6, 6.07) is 3.70. The lowest BCUT2D eigenvalue weighted by molar-refractivity contribution is 0.102. The number of hydrogen-bond donors (Lipinski definition) is 0. The van der Waals surface area contributed by atoms with Gasteiger partial charge in [0.2, 0.25) is 0 Å². The monoisotopic (exact) mass is 417 g/mol. The van der Waals surface area contributed by atoms with Crippen molar-refractivity contribution in [2.24, 2.45) is 0 Å². The van der Waals surface area contributed by atoms with Crippen LogP contribution in [0.15, 0.2) is 40.1 Å². The van der Waals surface area contributed by atoms with Gasteiger partial charge in [-0.2, -0.15) is 0 Å². The average molecular weight is 418 g/mol. The number of carbonyl (C=O) groups excluding carboxylic acids is 1. The molecule has 0 aliphatic rings. The predicted molar refractivity (Wildman–Crippen MR) is 115 cm³/mol. The van der Waals surface area contributed by atoms with Gasteiger partial charge in [0.25, 0.3) is 5.56 Å². The highest BCUT2D eigenvalue weighted by Gasteiger charge is 2.18. The van der Waals surface area contributed by atoms with E-state index in [0.717, 1.165) is 11.4 Å². The highest BCUT2D eigenvalue weighted by Crippen LogP contribution is 2.23. The van der Waals surface area contributed by atoms with Gasteiger partial charge in [-0.3, -0.25) is 14.2 Å². The Morgan fingerprint density at radius 1 is 1.39 bits per heavy atom. The van der Waals surface area contributed by atoms with Crippen LogP contribution in [0.2, 0.25) is 0 Å². The minimum absolute atomic E-state index is 0.0208. The molecule has 0 saturated carbocycles. The first-order valence-electron chi connectivity index (χ1n) is 8.88. The number of thioether (sulfide) groups is 1. The Morgan fingerprint density at radius 3 is 2.89 bits per heavy atom. The molecule has 0 bridgehead atoms. The van der Waals surface area contributed by atoms with Crippen LogP contribution in [0.5, 0.6) is 0 Å². The fourth-order valence-corrected chi connectivity index (χ4v) is 4.85. The maximum Gasteiger partial charge on any atom is 0.263 e. The molecule has 3 aromatic rings. The van der Waals surface area contributed by atoms with E-state index >= 15 is 0 Å². The highest BCUT2D eigenvalue weighted by molar-refractivity contribution is 7.99. The number of aromatic nitrogens is 3. The third kappa shape index (κ3) is 3.99. The summed E-state index contributed by atoms with van der Waals surface area (Å²) in [6.45, 7) is 9.33. The van der Waals surface area contributed by atoms with Crippen LogP contribution >= 0.6 is 23.1 Å². The van der Waals surface area contributed by atoms with Gasteiger partial charge >= 0.3 is 0 Å². The van der Waals surface area contributed by atoms with E-state index < -0.39 is 0 Å². The van der Waals surface area contributed by atoms with Gasteiger partial charge in [-0.1, -0.05) is 17.8 Å². The molecule has 0 saturated heterocycles.